The number of alkyl halides is 3. The molecule has 0 aliphatic carbocycles. The van der Waals surface area contributed by atoms with Crippen LogP contribution in [0.4, 0.5) is 24.5 Å². The van der Waals surface area contributed by atoms with E-state index in [2.05, 4.69) is 10.6 Å². The van der Waals surface area contributed by atoms with Gasteiger partial charge in [-0.15, -0.1) is 0 Å². The van der Waals surface area contributed by atoms with Gasteiger partial charge < -0.3 is 10.6 Å². The second-order valence-corrected chi connectivity index (χ2v) is 6.91. The molecule has 0 unspecified atom stereocenters. The van der Waals surface area contributed by atoms with Crippen LogP contribution in [0.2, 0.25) is 0 Å². The molecule has 2 rings (SSSR count). The van der Waals surface area contributed by atoms with E-state index in [0.29, 0.717) is 5.69 Å². The maximum Gasteiger partial charge on any atom is 0.416 e. The SMILES string of the molecule is Cc1ccc(NC(=O)C(C)(C)C(=O)Nc2cccc(C(F)(F)F)c2)cc1C. The normalized spacial score (nSPS) is 11.8. The molecule has 2 N–H and O–H groups in total. The van der Waals surface area contributed by atoms with Gasteiger partial charge in [0, 0.05) is 11.4 Å². The Morgan fingerprint density at radius 3 is 1.89 bits per heavy atom. The third-order valence-corrected chi connectivity index (χ3v) is 4.35. The summed E-state index contributed by atoms with van der Waals surface area (Å²) >= 11 is 0. The van der Waals surface area contributed by atoms with Gasteiger partial charge in [-0.3, -0.25) is 9.59 Å². The van der Waals surface area contributed by atoms with Crippen molar-refractivity contribution < 1.29 is 22.8 Å². The summed E-state index contributed by atoms with van der Waals surface area (Å²) in [5.74, 6) is -1.27. The molecule has 0 saturated carbocycles. The Kier molecular flexibility index (Phi) is 5.63. The van der Waals surface area contributed by atoms with Crippen LogP contribution >= 0.6 is 0 Å². The summed E-state index contributed by atoms with van der Waals surface area (Å²) in [5, 5.41) is 5.05. The number of aryl methyl sites for hydroxylation is 2. The molecule has 0 aliphatic rings. The van der Waals surface area contributed by atoms with E-state index in [1.54, 1.807) is 12.1 Å². The highest BCUT2D eigenvalue weighted by Gasteiger charge is 2.37. The van der Waals surface area contributed by atoms with Crippen molar-refractivity contribution in [1.82, 2.24) is 0 Å². The first-order chi connectivity index (χ1) is 12.4. The fraction of sp³-hybridized carbons (Fsp3) is 0.300. The van der Waals surface area contributed by atoms with Crippen LogP contribution < -0.4 is 10.6 Å². The van der Waals surface area contributed by atoms with Crippen LogP contribution in [0.5, 0.6) is 0 Å². The molecule has 0 saturated heterocycles. The maximum absolute atomic E-state index is 12.8. The number of benzene rings is 2. The molecule has 0 aromatic heterocycles. The minimum atomic E-state index is -4.52. The Labute approximate surface area is 155 Å². The van der Waals surface area contributed by atoms with Crippen molar-refractivity contribution in [3.05, 3.63) is 59.2 Å². The molecular formula is C20H21F3N2O2. The molecule has 4 nitrogen and oxygen atoms in total. The van der Waals surface area contributed by atoms with E-state index in [-0.39, 0.29) is 5.69 Å². The van der Waals surface area contributed by atoms with Gasteiger partial charge in [0.05, 0.1) is 5.56 Å². The first kappa shape index (κ1) is 20.5. The van der Waals surface area contributed by atoms with E-state index in [0.717, 1.165) is 23.3 Å². The van der Waals surface area contributed by atoms with Crippen molar-refractivity contribution in [3.63, 3.8) is 0 Å². The summed E-state index contributed by atoms with van der Waals surface area (Å²) in [7, 11) is 0. The van der Waals surface area contributed by atoms with E-state index in [1.807, 2.05) is 19.9 Å². The lowest BCUT2D eigenvalue weighted by Gasteiger charge is -2.23. The fourth-order valence-electron chi connectivity index (χ4n) is 2.27. The van der Waals surface area contributed by atoms with E-state index < -0.39 is 29.0 Å². The predicted molar refractivity (Wildman–Crippen MR) is 98.4 cm³/mol. The molecule has 2 aromatic rings. The summed E-state index contributed by atoms with van der Waals surface area (Å²) in [6.45, 7) is 6.66. The Morgan fingerprint density at radius 2 is 1.37 bits per heavy atom. The lowest BCUT2D eigenvalue weighted by atomic mass is 9.90. The lowest BCUT2D eigenvalue weighted by molar-refractivity contribution is -0.138. The minimum Gasteiger partial charge on any atom is -0.325 e. The number of nitrogens with one attached hydrogen (secondary N) is 2. The van der Waals surface area contributed by atoms with Gasteiger partial charge in [0.25, 0.3) is 0 Å². The van der Waals surface area contributed by atoms with Gasteiger partial charge in [-0.2, -0.15) is 13.2 Å². The zero-order valence-electron chi connectivity index (χ0n) is 15.5. The van der Waals surface area contributed by atoms with E-state index in [9.17, 15) is 22.8 Å². The summed E-state index contributed by atoms with van der Waals surface area (Å²) < 4.78 is 38.4. The zero-order valence-corrected chi connectivity index (χ0v) is 15.5. The molecule has 0 bridgehead atoms. The summed E-state index contributed by atoms with van der Waals surface area (Å²) in [4.78, 5) is 25.0. The van der Waals surface area contributed by atoms with Crippen LogP contribution in [0.3, 0.4) is 0 Å². The molecule has 0 heterocycles. The number of amides is 2. The fourth-order valence-corrected chi connectivity index (χ4v) is 2.27. The van der Waals surface area contributed by atoms with Crippen LogP contribution in [0, 0.1) is 19.3 Å². The highest BCUT2D eigenvalue weighted by Crippen LogP contribution is 2.31. The largest absolute Gasteiger partial charge is 0.416 e. The number of halogens is 3. The monoisotopic (exact) mass is 378 g/mol. The number of carbonyl (C=O) groups excluding carboxylic acids is 2. The topological polar surface area (TPSA) is 58.2 Å². The van der Waals surface area contributed by atoms with Gasteiger partial charge in [0.15, 0.2) is 0 Å². The number of rotatable bonds is 4. The van der Waals surface area contributed by atoms with Gasteiger partial charge in [0.1, 0.15) is 5.41 Å². The molecule has 7 heteroatoms. The zero-order chi connectivity index (χ0) is 20.4. The Bertz CT molecular complexity index is 874. The van der Waals surface area contributed by atoms with Crippen molar-refractivity contribution in [2.75, 3.05) is 10.6 Å². The van der Waals surface area contributed by atoms with E-state index >= 15 is 0 Å². The second kappa shape index (κ2) is 7.42. The average molecular weight is 378 g/mol. The number of hydrogen-bond acceptors (Lipinski definition) is 2. The molecule has 2 aromatic carbocycles. The lowest BCUT2D eigenvalue weighted by Crippen LogP contribution is -2.41. The number of hydrogen-bond donors (Lipinski definition) is 2. The molecule has 27 heavy (non-hydrogen) atoms. The van der Waals surface area contributed by atoms with Crippen molar-refractivity contribution in [3.8, 4) is 0 Å². The number of carbonyl (C=O) groups is 2. The smallest absolute Gasteiger partial charge is 0.325 e. The van der Waals surface area contributed by atoms with Crippen LogP contribution in [0.1, 0.15) is 30.5 Å². The van der Waals surface area contributed by atoms with Crippen LogP contribution in [-0.4, -0.2) is 11.8 Å². The van der Waals surface area contributed by atoms with Gasteiger partial charge in [0.2, 0.25) is 11.8 Å². The summed E-state index contributed by atoms with van der Waals surface area (Å²) in [6, 6.07) is 9.63. The summed E-state index contributed by atoms with van der Waals surface area (Å²) in [5.41, 5.74) is 0.198. The molecule has 0 spiro atoms. The molecule has 144 valence electrons. The Morgan fingerprint density at radius 1 is 0.815 bits per heavy atom. The van der Waals surface area contributed by atoms with Crippen LogP contribution in [-0.2, 0) is 15.8 Å². The average Bonchev–Trinajstić information content (AvgIpc) is 2.57. The van der Waals surface area contributed by atoms with Gasteiger partial charge >= 0.3 is 6.18 Å². The van der Waals surface area contributed by atoms with Gasteiger partial charge in [-0.05, 0) is 69.2 Å². The van der Waals surface area contributed by atoms with Crippen molar-refractivity contribution in [2.45, 2.75) is 33.9 Å². The highest BCUT2D eigenvalue weighted by molar-refractivity contribution is 6.14. The van der Waals surface area contributed by atoms with Crippen LogP contribution in [0.15, 0.2) is 42.5 Å². The molecule has 0 radical (unpaired) electrons. The number of anilines is 2. The predicted octanol–water partition coefficient (Wildman–Crippen LogP) is 4.93. The third kappa shape index (κ3) is 4.87. The first-order valence-corrected chi connectivity index (χ1v) is 8.28. The Hall–Kier alpha value is -2.83. The van der Waals surface area contributed by atoms with E-state index in [1.165, 1.54) is 26.0 Å². The summed E-state index contributed by atoms with van der Waals surface area (Å²) in [6.07, 6.45) is -4.52. The van der Waals surface area contributed by atoms with Gasteiger partial charge in [-0.25, -0.2) is 0 Å². The van der Waals surface area contributed by atoms with Gasteiger partial charge in [-0.1, -0.05) is 12.1 Å². The Balaban J connectivity index is 2.14. The maximum atomic E-state index is 12.8. The molecular weight excluding hydrogens is 357 g/mol. The van der Waals surface area contributed by atoms with Crippen LogP contribution in [0.25, 0.3) is 0 Å². The molecule has 0 atom stereocenters. The van der Waals surface area contributed by atoms with Crippen molar-refractivity contribution >= 4 is 23.2 Å². The molecule has 0 fully saturated rings. The quantitative estimate of drug-likeness (QED) is 0.742. The van der Waals surface area contributed by atoms with Crippen molar-refractivity contribution in [1.29, 1.82) is 0 Å². The highest BCUT2D eigenvalue weighted by atomic mass is 19.4. The minimum absolute atomic E-state index is 0.0260. The molecule has 2 amide bonds. The van der Waals surface area contributed by atoms with Crippen molar-refractivity contribution in [2.24, 2.45) is 5.41 Å². The second-order valence-electron chi connectivity index (χ2n) is 6.91. The first-order valence-electron chi connectivity index (χ1n) is 8.28. The third-order valence-electron chi connectivity index (χ3n) is 4.35. The van der Waals surface area contributed by atoms with E-state index in [4.69, 9.17) is 0 Å². The standard InChI is InChI=1S/C20H21F3N2O2/c1-12-8-9-16(10-13(12)2)25-18(27)19(3,4)17(26)24-15-7-5-6-14(11-15)20(21,22)23/h5-11H,1-4H3,(H,24,26)(H,25,27). The molecule has 0 aliphatic heterocycles.